The minimum absolute atomic E-state index is 0.134. The molecular weight excluding hydrogens is 520 g/mol. The van der Waals surface area contributed by atoms with E-state index in [9.17, 15) is 5.26 Å². The molecule has 0 saturated heterocycles. The minimum atomic E-state index is -0.864. The fourth-order valence-electron chi connectivity index (χ4n) is 5.08. The fourth-order valence-corrected chi connectivity index (χ4v) is 5.08. The number of hydrogen-bond acceptors (Lipinski definition) is 8. The highest BCUT2D eigenvalue weighted by molar-refractivity contribution is 5.65. The zero-order valence-corrected chi connectivity index (χ0v) is 25.5. The number of nitriles is 1. The quantitative estimate of drug-likeness (QED) is 0.176. The topological polar surface area (TPSA) is 105 Å². The van der Waals surface area contributed by atoms with Gasteiger partial charge in [-0.1, -0.05) is 51.7 Å². The van der Waals surface area contributed by atoms with Crippen molar-refractivity contribution in [1.29, 1.82) is 5.26 Å². The van der Waals surface area contributed by atoms with Crippen molar-refractivity contribution in [2.75, 3.05) is 27.4 Å². The van der Waals surface area contributed by atoms with Gasteiger partial charge in [-0.05, 0) is 57.2 Å². The standard InChI is InChI=1S/C33H48N2O6/c1-6-8-12-19-38-28-22-25(30(39-20-13-9-7-2)32(37-5)31(28)36-4)33(3,23-34)18-14-15-24(35)21-29-40-26-16-10-11-17-27(26)41-29/h10-11,16-17,22,24,29H,6-9,12-15,18-21,35H2,1-5H3. The van der Waals surface area contributed by atoms with Gasteiger partial charge in [0.05, 0.1) is 38.9 Å². The van der Waals surface area contributed by atoms with E-state index < -0.39 is 11.7 Å². The van der Waals surface area contributed by atoms with Crippen molar-refractivity contribution < 1.29 is 28.4 Å². The maximum absolute atomic E-state index is 10.5. The molecule has 8 nitrogen and oxygen atoms in total. The van der Waals surface area contributed by atoms with E-state index in [-0.39, 0.29) is 6.04 Å². The Hall–Kier alpha value is -3.31. The van der Waals surface area contributed by atoms with Crippen molar-refractivity contribution in [3.05, 3.63) is 35.9 Å². The first-order valence-electron chi connectivity index (χ1n) is 15.0. The lowest BCUT2D eigenvalue weighted by Gasteiger charge is -2.28. The number of nitrogens with zero attached hydrogens (tertiary/aromatic N) is 1. The van der Waals surface area contributed by atoms with Crippen LogP contribution in [0.15, 0.2) is 30.3 Å². The summed E-state index contributed by atoms with van der Waals surface area (Å²) in [5, 5.41) is 10.5. The minimum Gasteiger partial charge on any atom is -0.490 e. The molecule has 2 atom stereocenters. The second-order valence-corrected chi connectivity index (χ2v) is 10.9. The second-order valence-electron chi connectivity index (χ2n) is 10.9. The first kappa shape index (κ1) is 32.2. The molecule has 2 aromatic carbocycles. The van der Waals surface area contributed by atoms with Gasteiger partial charge in [0.1, 0.15) is 0 Å². The molecule has 2 N–H and O–H groups in total. The summed E-state index contributed by atoms with van der Waals surface area (Å²) in [7, 11) is 3.19. The third-order valence-corrected chi connectivity index (χ3v) is 7.52. The van der Waals surface area contributed by atoms with Gasteiger partial charge in [-0.25, -0.2) is 0 Å². The first-order chi connectivity index (χ1) is 19.9. The Labute approximate surface area is 246 Å². The van der Waals surface area contributed by atoms with E-state index in [1.807, 2.05) is 37.3 Å². The molecule has 0 radical (unpaired) electrons. The molecule has 0 fully saturated rings. The van der Waals surface area contributed by atoms with Crippen molar-refractivity contribution >= 4 is 0 Å². The van der Waals surface area contributed by atoms with Gasteiger partial charge >= 0.3 is 0 Å². The number of fused-ring (bicyclic) bond motifs is 1. The van der Waals surface area contributed by atoms with E-state index in [1.54, 1.807) is 14.2 Å². The van der Waals surface area contributed by atoms with Gasteiger partial charge in [0.2, 0.25) is 17.8 Å². The van der Waals surface area contributed by atoms with Crippen LogP contribution in [0.2, 0.25) is 0 Å². The van der Waals surface area contributed by atoms with Gasteiger partial charge in [-0.2, -0.15) is 5.26 Å². The molecule has 2 unspecified atom stereocenters. The van der Waals surface area contributed by atoms with Crippen molar-refractivity contribution in [1.82, 2.24) is 0 Å². The normalized spacial score (nSPS) is 14.7. The molecule has 3 rings (SSSR count). The highest BCUT2D eigenvalue weighted by Crippen LogP contribution is 2.51. The zero-order valence-electron chi connectivity index (χ0n) is 25.5. The Morgan fingerprint density at radius 1 is 0.902 bits per heavy atom. The molecule has 8 heteroatoms. The molecule has 1 aliphatic rings. The molecule has 1 heterocycles. The highest BCUT2D eigenvalue weighted by atomic mass is 16.7. The van der Waals surface area contributed by atoms with Gasteiger partial charge in [-0.3, -0.25) is 0 Å². The van der Waals surface area contributed by atoms with Crippen LogP contribution in [0.5, 0.6) is 34.5 Å². The van der Waals surface area contributed by atoms with E-state index in [4.69, 9.17) is 34.2 Å². The molecule has 0 spiro atoms. The van der Waals surface area contributed by atoms with Crippen LogP contribution in [-0.4, -0.2) is 39.8 Å². The van der Waals surface area contributed by atoms with Gasteiger partial charge in [0.25, 0.3) is 0 Å². The average Bonchev–Trinajstić information content (AvgIpc) is 3.39. The van der Waals surface area contributed by atoms with E-state index >= 15 is 0 Å². The molecule has 226 valence electrons. The Kier molecular flexibility index (Phi) is 12.7. The number of methoxy groups -OCH3 is 2. The lowest BCUT2D eigenvalue weighted by atomic mass is 9.78. The average molecular weight is 569 g/mol. The molecule has 0 aliphatic carbocycles. The van der Waals surface area contributed by atoms with E-state index in [0.717, 1.165) is 68.4 Å². The number of nitrogens with two attached hydrogens (primary N) is 1. The second kappa shape index (κ2) is 16.2. The Balaban J connectivity index is 1.78. The molecule has 0 amide bonds. The summed E-state index contributed by atoms with van der Waals surface area (Å²) < 4.78 is 35.8. The first-order valence-corrected chi connectivity index (χ1v) is 15.0. The van der Waals surface area contributed by atoms with Crippen LogP contribution < -0.4 is 34.2 Å². The molecule has 0 saturated carbocycles. The molecule has 0 bridgehead atoms. The smallest absolute Gasteiger partial charge is 0.243 e. The van der Waals surface area contributed by atoms with E-state index in [0.29, 0.717) is 49.1 Å². The van der Waals surface area contributed by atoms with Crippen LogP contribution in [0.25, 0.3) is 0 Å². The molecular formula is C33H48N2O6. The van der Waals surface area contributed by atoms with Gasteiger partial charge < -0.3 is 34.2 Å². The van der Waals surface area contributed by atoms with Gasteiger partial charge in [0, 0.05) is 18.0 Å². The van der Waals surface area contributed by atoms with E-state index in [2.05, 4.69) is 19.9 Å². The molecule has 0 aromatic heterocycles. The van der Waals surface area contributed by atoms with Crippen molar-refractivity contribution in [3.63, 3.8) is 0 Å². The van der Waals surface area contributed by atoms with Crippen LogP contribution in [0.4, 0.5) is 0 Å². The molecule has 2 aromatic rings. The maximum atomic E-state index is 10.5. The Morgan fingerprint density at radius 2 is 1.51 bits per heavy atom. The maximum Gasteiger partial charge on any atom is 0.243 e. The number of para-hydroxylation sites is 2. The third kappa shape index (κ3) is 8.59. The van der Waals surface area contributed by atoms with Crippen LogP contribution >= 0.6 is 0 Å². The lowest BCUT2D eigenvalue weighted by Crippen LogP contribution is -2.31. The monoisotopic (exact) mass is 568 g/mol. The van der Waals surface area contributed by atoms with E-state index in [1.165, 1.54) is 0 Å². The van der Waals surface area contributed by atoms with Crippen LogP contribution in [-0.2, 0) is 5.41 Å². The Morgan fingerprint density at radius 3 is 2.07 bits per heavy atom. The fraction of sp³-hybridized carbons (Fsp3) is 0.606. The Bertz CT molecular complexity index is 1110. The SMILES string of the molecule is CCCCCOc1cc(C(C)(C#N)CCCC(N)CC2Oc3ccccc3O2)c(OCCCCC)c(OC)c1OC. The summed E-state index contributed by atoms with van der Waals surface area (Å²) in [6.45, 7) is 7.33. The van der Waals surface area contributed by atoms with Crippen molar-refractivity contribution in [2.24, 2.45) is 5.73 Å². The van der Waals surface area contributed by atoms with Crippen LogP contribution in [0, 0.1) is 11.3 Å². The number of unbranched alkanes of at least 4 members (excludes halogenated alkanes) is 4. The number of ether oxygens (including phenoxy) is 6. The van der Waals surface area contributed by atoms with Crippen molar-refractivity contribution in [2.45, 2.75) is 103 Å². The lowest BCUT2D eigenvalue weighted by molar-refractivity contribution is 0.0350. The van der Waals surface area contributed by atoms with Crippen LogP contribution in [0.3, 0.4) is 0 Å². The summed E-state index contributed by atoms with van der Waals surface area (Å²) in [6, 6.07) is 12.0. The van der Waals surface area contributed by atoms with Crippen LogP contribution in [0.1, 0.15) is 90.5 Å². The number of hydrogen-bond donors (Lipinski definition) is 1. The molecule has 1 aliphatic heterocycles. The summed E-state index contributed by atoms with van der Waals surface area (Å²) in [6.07, 6.45) is 8.36. The predicted octanol–water partition coefficient (Wildman–Crippen LogP) is 7.31. The summed E-state index contributed by atoms with van der Waals surface area (Å²) in [5.74, 6) is 3.53. The largest absolute Gasteiger partial charge is 0.490 e. The highest BCUT2D eigenvalue weighted by Gasteiger charge is 2.35. The van der Waals surface area contributed by atoms with Crippen molar-refractivity contribution in [3.8, 4) is 40.6 Å². The number of rotatable bonds is 19. The molecule has 41 heavy (non-hydrogen) atoms. The third-order valence-electron chi connectivity index (χ3n) is 7.52. The van der Waals surface area contributed by atoms with Gasteiger partial charge in [-0.15, -0.1) is 0 Å². The summed E-state index contributed by atoms with van der Waals surface area (Å²) in [5.41, 5.74) is 6.36. The predicted molar refractivity (Wildman–Crippen MR) is 160 cm³/mol. The summed E-state index contributed by atoms with van der Waals surface area (Å²) >= 11 is 0. The zero-order chi connectivity index (χ0) is 29.7. The van der Waals surface area contributed by atoms with Gasteiger partial charge in [0.15, 0.2) is 23.0 Å². The number of benzene rings is 2. The summed E-state index contributed by atoms with van der Waals surface area (Å²) in [4.78, 5) is 0.